The van der Waals surface area contributed by atoms with E-state index in [4.69, 9.17) is 4.42 Å². The SMILES string of the molecule is O=C(c1ccccc1CSc1nc2ccccc2o1)N1CCC(C(=O)N2CCCC2)CC1. The van der Waals surface area contributed by atoms with Gasteiger partial charge >= 0.3 is 0 Å². The van der Waals surface area contributed by atoms with Crippen LogP contribution in [0.1, 0.15) is 41.6 Å². The Labute approximate surface area is 192 Å². The minimum Gasteiger partial charge on any atom is -0.431 e. The number of nitrogens with zero attached hydrogens (tertiary/aromatic N) is 3. The number of para-hydroxylation sites is 2. The number of benzene rings is 2. The zero-order valence-electron chi connectivity index (χ0n) is 18.0. The van der Waals surface area contributed by atoms with Gasteiger partial charge in [0.2, 0.25) is 5.91 Å². The number of carbonyl (C=O) groups excluding carboxylic acids is 2. The average molecular weight is 450 g/mol. The number of carbonyl (C=O) groups is 2. The highest BCUT2D eigenvalue weighted by Crippen LogP contribution is 2.29. The Morgan fingerprint density at radius 2 is 1.66 bits per heavy atom. The highest BCUT2D eigenvalue weighted by molar-refractivity contribution is 7.98. The molecule has 0 N–H and O–H groups in total. The van der Waals surface area contributed by atoms with Gasteiger partial charge in [0, 0.05) is 43.4 Å². The minimum absolute atomic E-state index is 0.0471. The van der Waals surface area contributed by atoms with Crippen LogP contribution in [0.4, 0.5) is 0 Å². The van der Waals surface area contributed by atoms with E-state index in [0.717, 1.165) is 61.0 Å². The van der Waals surface area contributed by atoms with Crippen LogP contribution in [0.5, 0.6) is 0 Å². The summed E-state index contributed by atoms with van der Waals surface area (Å²) in [5.74, 6) is 0.997. The average Bonchev–Trinajstić information content (AvgIpc) is 3.52. The molecule has 0 aliphatic carbocycles. The summed E-state index contributed by atoms with van der Waals surface area (Å²) in [5.41, 5.74) is 3.30. The summed E-state index contributed by atoms with van der Waals surface area (Å²) in [4.78, 5) is 34.4. The molecule has 0 spiro atoms. The molecule has 0 saturated carbocycles. The van der Waals surface area contributed by atoms with Gasteiger partial charge in [-0.15, -0.1) is 0 Å². The van der Waals surface area contributed by atoms with Crippen molar-refractivity contribution in [3.05, 3.63) is 59.7 Å². The molecule has 2 amide bonds. The van der Waals surface area contributed by atoms with Gasteiger partial charge in [-0.3, -0.25) is 9.59 Å². The molecular formula is C25H27N3O3S. The lowest BCUT2D eigenvalue weighted by molar-refractivity contribution is -0.135. The molecule has 0 bridgehead atoms. The fraction of sp³-hybridized carbons (Fsp3) is 0.400. The number of amides is 2. The third-order valence-corrected chi connectivity index (χ3v) is 7.30. The summed E-state index contributed by atoms with van der Waals surface area (Å²) in [6.07, 6.45) is 3.73. The summed E-state index contributed by atoms with van der Waals surface area (Å²) < 4.78 is 5.80. The van der Waals surface area contributed by atoms with E-state index >= 15 is 0 Å². The van der Waals surface area contributed by atoms with Gasteiger partial charge in [-0.2, -0.15) is 0 Å². The predicted octanol–water partition coefficient (Wildman–Crippen LogP) is 4.59. The summed E-state index contributed by atoms with van der Waals surface area (Å²) in [6.45, 7) is 3.05. The smallest absolute Gasteiger partial charge is 0.257 e. The zero-order chi connectivity index (χ0) is 21.9. The Balaban J connectivity index is 1.22. The van der Waals surface area contributed by atoms with Gasteiger partial charge in [-0.1, -0.05) is 42.1 Å². The highest BCUT2D eigenvalue weighted by Gasteiger charge is 2.31. The third kappa shape index (κ3) is 4.39. The number of thioether (sulfide) groups is 1. The Morgan fingerprint density at radius 1 is 0.938 bits per heavy atom. The Morgan fingerprint density at radius 3 is 2.44 bits per heavy atom. The van der Waals surface area contributed by atoms with E-state index < -0.39 is 0 Å². The first-order valence-electron chi connectivity index (χ1n) is 11.3. The molecule has 3 heterocycles. The number of hydrogen-bond acceptors (Lipinski definition) is 5. The lowest BCUT2D eigenvalue weighted by Crippen LogP contribution is -2.44. The van der Waals surface area contributed by atoms with Gasteiger partial charge in [0.15, 0.2) is 5.58 Å². The number of rotatable bonds is 5. The molecule has 1 aromatic heterocycles. The van der Waals surface area contributed by atoms with E-state index in [9.17, 15) is 9.59 Å². The van der Waals surface area contributed by atoms with E-state index in [1.165, 1.54) is 11.8 Å². The Kier molecular flexibility index (Phi) is 6.17. The van der Waals surface area contributed by atoms with Gasteiger partial charge in [0.1, 0.15) is 5.52 Å². The van der Waals surface area contributed by atoms with Crippen molar-refractivity contribution in [2.75, 3.05) is 26.2 Å². The van der Waals surface area contributed by atoms with Crippen molar-refractivity contribution in [3.63, 3.8) is 0 Å². The molecule has 2 aliphatic heterocycles. The quantitative estimate of drug-likeness (QED) is 0.533. The number of fused-ring (bicyclic) bond motifs is 1. The molecule has 3 aromatic rings. The van der Waals surface area contributed by atoms with Crippen molar-refractivity contribution >= 4 is 34.7 Å². The summed E-state index contributed by atoms with van der Waals surface area (Å²) >= 11 is 1.50. The first kappa shape index (κ1) is 21.1. The summed E-state index contributed by atoms with van der Waals surface area (Å²) in [7, 11) is 0. The molecule has 32 heavy (non-hydrogen) atoms. The van der Waals surface area contributed by atoms with Crippen molar-refractivity contribution in [2.24, 2.45) is 5.92 Å². The fourth-order valence-electron chi connectivity index (χ4n) is 4.60. The second-order valence-electron chi connectivity index (χ2n) is 8.49. The van der Waals surface area contributed by atoms with Gasteiger partial charge in [0.05, 0.1) is 0 Å². The molecule has 5 rings (SSSR count). The number of aromatic nitrogens is 1. The van der Waals surface area contributed by atoms with Crippen LogP contribution in [0.15, 0.2) is 58.2 Å². The fourth-order valence-corrected chi connectivity index (χ4v) is 5.45. The van der Waals surface area contributed by atoms with Crippen LogP contribution in [0.25, 0.3) is 11.1 Å². The van der Waals surface area contributed by atoms with Gasteiger partial charge in [-0.05, 0) is 49.4 Å². The summed E-state index contributed by atoms with van der Waals surface area (Å²) in [6, 6.07) is 15.5. The highest BCUT2D eigenvalue weighted by atomic mass is 32.2. The van der Waals surface area contributed by atoms with Crippen LogP contribution in [0, 0.1) is 5.92 Å². The van der Waals surface area contributed by atoms with Crippen molar-refractivity contribution < 1.29 is 14.0 Å². The van der Waals surface area contributed by atoms with Crippen LogP contribution in [-0.4, -0.2) is 52.8 Å². The van der Waals surface area contributed by atoms with Crippen molar-refractivity contribution in [1.82, 2.24) is 14.8 Å². The summed E-state index contributed by atoms with van der Waals surface area (Å²) in [5, 5.41) is 0.606. The standard InChI is InChI=1S/C25H27N3O3S/c29-23(27-13-5-6-14-27)18-11-15-28(16-12-18)24(30)20-8-2-1-7-19(20)17-32-25-26-21-9-3-4-10-22(21)31-25/h1-4,7-10,18H,5-6,11-17H2. The zero-order valence-corrected chi connectivity index (χ0v) is 18.9. The maximum Gasteiger partial charge on any atom is 0.257 e. The number of hydrogen-bond donors (Lipinski definition) is 0. The number of likely N-dealkylation sites (tertiary alicyclic amines) is 2. The molecular weight excluding hydrogens is 422 g/mol. The van der Waals surface area contributed by atoms with E-state index in [0.29, 0.717) is 24.1 Å². The van der Waals surface area contributed by atoms with Crippen LogP contribution >= 0.6 is 11.8 Å². The topological polar surface area (TPSA) is 66.7 Å². The van der Waals surface area contributed by atoms with Crippen LogP contribution in [-0.2, 0) is 10.5 Å². The molecule has 2 aliphatic rings. The van der Waals surface area contributed by atoms with Gasteiger partial charge in [-0.25, -0.2) is 4.98 Å². The van der Waals surface area contributed by atoms with Crippen molar-refractivity contribution in [2.45, 2.75) is 36.7 Å². The maximum absolute atomic E-state index is 13.3. The van der Waals surface area contributed by atoms with E-state index in [-0.39, 0.29) is 17.7 Å². The minimum atomic E-state index is 0.0471. The molecule has 7 heteroatoms. The second kappa shape index (κ2) is 9.36. The molecule has 2 aromatic carbocycles. The molecule has 0 unspecified atom stereocenters. The molecule has 2 fully saturated rings. The maximum atomic E-state index is 13.3. The van der Waals surface area contributed by atoms with E-state index in [2.05, 4.69) is 4.98 Å². The number of piperidine rings is 1. The van der Waals surface area contributed by atoms with E-state index in [1.54, 1.807) is 0 Å². The molecule has 6 nitrogen and oxygen atoms in total. The van der Waals surface area contributed by atoms with Gasteiger partial charge in [0.25, 0.3) is 11.1 Å². The lowest BCUT2D eigenvalue weighted by Gasteiger charge is -2.33. The second-order valence-corrected chi connectivity index (χ2v) is 9.42. The van der Waals surface area contributed by atoms with Crippen LogP contribution in [0.2, 0.25) is 0 Å². The van der Waals surface area contributed by atoms with Gasteiger partial charge < -0.3 is 14.2 Å². The monoisotopic (exact) mass is 449 g/mol. The Bertz CT molecular complexity index is 1080. The third-order valence-electron chi connectivity index (χ3n) is 6.42. The molecule has 0 radical (unpaired) electrons. The van der Waals surface area contributed by atoms with Crippen LogP contribution < -0.4 is 0 Å². The first-order chi connectivity index (χ1) is 15.7. The normalized spacial score (nSPS) is 17.2. The van der Waals surface area contributed by atoms with Crippen molar-refractivity contribution in [1.29, 1.82) is 0 Å². The van der Waals surface area contributed by atoms with Crippen molar-refractivity contribution in [3.8, 4) is 0 Å². The van der Waals surface area contributed by atoms with Crippen LogP contribution in [0.3, 0.4) is 0 Å². The van der Waals surface area contributed by atoms with E-state index in [1.807, 2.05) is 58.3 Å². The predicted molar refractivity (Wildman–Crippen MR) is 124 cm³/mol. The lowest BCUT2D eigenvalue weighted by atomic mass is 9.94. The number of oxazole rings is 1. The first-order valence-corrected chi connectivity index (χ1v) is 12.3. The molecule has 166 valence electrons. The largest absolute Gasteiger partial charge is 0.431 e. The Hall–Kier alpha value is -2.80. The molecule has 0 atom stereocenters. The molecule has 2 saturated heterocycles.